The predicted octanol–water partition coefficient (Wildman–Crippen LogP) is 1.52. The normalized spacial score (nSPS) is 22.3. The van der Waals surface area contributed by atoms with Crippen molar-refractivity contribution in [2.75, 3.05) is 10.6 Å². The Bertz CT molecular complexity index is 1000. The molecule has 9 heteroatoms. The minimum atomic E-state index is -1.02. The minimum Gasteiger partial charge on any atom is 0 e. The van der Waals surface area contributed by atoms with E-state index >= 15 is 0 Å². The first kappa shape index (κ1) is 25.4. The van der Waals surface area contributed by atoms with Crippen molar-refractivity contribution in [2.24, 2.45) is 0 Å². The fraction of sp³-hybridized carbons (Fsp3) is 0.182. The third kappa shape index (κ3) is 5.31. The molecule has 0 amide bonds. The molecule has 0 bridgehead atoms. The zero-order chi connectivity index (χ0) is 22.1. The van der Waals surface area contributed by atoms with Gasteiger partial charge in [0.15, 0.2) is 0 Å². The van der Waals surface area contributed by atoms with Crippen LogP contribution in [0.1, 0.15) is 25.0 Å². The van der Waals surface area contributed by atoms with Gasteiger partial charge in [-0.15, -0.1) is 0 Å². The molecule has 0 fully saturated rings. The second-order valence-corrected chi connectivity index (χ2v) is 9.22. The molecule has 2 aliphatic heterocycles. The summed E-state index contributed by atoms with van der Waals surface area (Å²) in [5, 5.41) is 24.2. The van der Waals surface area contributed by atoms with E-state index in [1.165, 1.54) is 0 Å². The van der Waals surface area contributed by atoms with Gasteiger partial charge in [0.1, 0.15) is 0 Å². The van der Waals surface area contributed by atoms with Crippen LogP contribution in [0.15, 0.2) is 48.6 Å². The Balaban J connectivity index is 0.000000213. The van der Waals surface area contributed by atoms with Crippen LogP contribution in [0.5, 0.6) is 0 Å². The van der Waals surface area contributed by atoms with Crippen molar-refractivity contribution >= 4 is 76.4 Å². The molecule has 2 heterocycles. The first-order valence-corrected chi connectivity index (χ1v) is 10.8. The molecule has 31 heavy (non-hydrogen) atoms. The number of rotatable bonds is 2. The number of benzene rings is 2. The molecule has 2 aliphatic rings. The Morgan fingerprint density at radius 3 is 1.45 bits per heavy atom. The van der Waals surface area contributed by atoms with Crippen molar-refractivity contribution in [1.82, 2.24) is 0 Å². The summed E-state index contributed by atoms with van der Waals surface area (Å²) in [4.78, 5) is 22.1. The van der Waals surface area contributed by atoms with Gasteiger partial charge in [0.05, 0.1) is 0 Å². The van der Waals surface area contributed by atoms with E-state index < -0.39 is 23.0 Å². The van der Waals surface area contributed by atoms with Gasteiger partial charge in [-0.1, -0.05) is 0 Å². The molecule has 2 atom stereocenters. The van der Waals surface area contributed by atoms with Gasteiger partial charge in [0, 0.05) is 19.5 Å². The topological polar surface area (TPSA) is 98.7 Å². The summed E-state index contributed by atoms with van der Waals surface area (Å²) in [5.41, 5.74) is 1.67. The maximum atomic E-state index is 11.1. The van der Waals surface area contributed by atoms with E-state index in [4.69, 9.17) is 10.2 Å². The Labute approximate surface area is 210 Å². The van der Waals surface area contributed by atoms with Crippen LogP contribution in [-0.4, -0.2) is 65.3 Å². The summed E-state index contributed by atoms with van der Waals surface area (Å²) >= 11 is 5.83. The summed E-state index contributed by atoms with van der Waals surface area (Å²) in [5.74, 6) is -1.76. The second kappa shape index (κ2) is 9.72. The molecule has 0 aliphatic carbocycles. The minimum absolute atomic E-state index is 0. The first-order valence-electron chi connectivity index (χ1n) is 9.07. The van der Waals surface area contributed by atoms with Gasteiger partial charge < -0.3 is 0 Å². The Kier molecular flexibility index (Phi) is 7.96. The van der Waals surface area contributed by atoms with E-state index in [0.29, 0.717) is 0 Å². The number of carbonyl (C=O) groups is 2. The summed E-state index contributed by atoms with van der Waals surface area (Å²) < 4.78 is 1.87. The second-order valence-electron chi connectivity index (χ2n) is 7.37. The summed E-state index contributed by atoms with van der Waals surface area (Å²) in [6.45, 7) is 3.28. The fourth-order valence-electron chi connectivity index (χ4n) is 3.01. The van der Waals surface area contributed by atoms with Gasteiger partial charge in [-0.3, -0.25) is 0 Å². The summed E-state index contributed by atoms with van der Waals surface area (Å²) in [6, 6.07) is 11.6. The molecule has 0 spiro atoms. The van der Waals surface area contributed by atoms with E-state index in [0.717, 1.165) is 31.4 Å². The molecule has 4 rings (SSSR count). The monoisotopic (exact) mass is 600 g/mol. The standard InChI is InChI=1S/2C11H10NO2Se.Zn/c2*1-11(10(13)14)6-5-7-3-2-4-8(15)9(7)12-11;/h2*2-6,12H,1H3,(H,13,14);. The maximum Gasteiger partial charge on any atom is 0 e. The molecular formula is C22H20N2O4Se2Zn. The van der Waals surface area contributed by atoms with Gasteiger partial charge >= 0.3 is 191 Å². The molecule has 2 unspecified atom stereocenters. The SMILES string of the molecule is CC1(C(=O)O)C=Cc2cccc([Se])c2N1.CC1(C(=O)O)C=Cc2cccc([Se])c2N1.[Zn]. The third-order valence-corrected chi connectivity index (χ3v) is 6.39. The Morgan fingerprint density at radius 2 is 1.13 bits per heavy atom. The molecule has 2 aromatic rings. The number of para-hydroxylation sites is 2. The quantitative estimate of drug-likeness (QED) is 0.391. The zero-order valence-electron chi connectivity index (χ0n) is 17.0. The van der Waals surface area contributed by atoms with Gasteiger partial charge in [-0.05, 0) is 0 Å². The average molecular weight is 600 g/mol. The van der Waals surface area contributed by atoms with Crippen LogP contribution in [0.4, 0.5) is 11.4 Å². The van der Waals surface area contributed by atoms with Crippen LogP contribution in [0.25, 0.3) is 12.2 Å². The van der Waals surface area contributed by atoms with E-state index in [1.54, 1.807) is 26.0 Å². The van der Waals surface area contributed by atoms with Crippen molar-refractivity contribution in [2.45, 2.75) is 24.9 Å². The van der Waals surface area contributed by atoms with E-state index in [1.807, 2.05) is 48.6 Å². The number of aliphatic carboxylic acids is 2. The van der Waals surface area contributed by atoms with Gasteiger partial charge in [0.25, 0.3) is 0 Å². The number of nitrogens with one attached hydrogen (secondary N) is 2. The van der Waals surface area contributed by atoms with Crippen molar-refractivity contribution in [3.8, 4) is 0 Å². The van der Waals surface area contributed by atoms with Gasteiger partial charge in [0.2, 0.25) is 0 Å². The van der Waals surface area contributed by atoms with E-state index in [9.17, 15) is 9.59 Å². The maximum absolute atomic E-state index is 11.1. The van der Waals surface area contributed by atoms with E-state index in [-0.39, 0.29) is 19.5 Å². The van der Waals surface area contributed by atoms with Crippen LogP contribution in [-0.2, 0) is 29.1 Å². The van der Waals surface area contributed by atoms with Crippen molar-refractivity contribution in [3.63, 3.8) is 0 Å². The smallest absolute Gasteiger partial charge is 0 e. The van der Waals surface area contributed by atoms with Crippen LogP contribution < -0.4 is 19.6 Å². The van der Waals surface area contributed by atoms with Gasteiger partial charge in [-0.2, -0.15) is 0 Å². The molecule has 0 aromatic heterocycles. The molecule has 0 saturated heterocycles. The Hall–Kier alpha value is -1.88. The van der Waals surface area contributed by atoms with Crippen molar-refractivity contribution in [1.29, 1.82) is 0 Å². The molecule has 4 N–H and O–H groups in total. The average Bonchev–Trinajstić information content (AvgIpc) is 2.70. The van der Waals surface area contributed by atoms with Crippen LogP contribution in [0, 0.1) is 0 Å². The molecule has 156 valence electrons. The molecule has 0 saturated carbocycles. The van der Waals surface area contributed by atoms with E-state index in [2.05, 4.69) is 42.7 Å². The largest absolute Gasteiger partial charge is 0 e. The molecule has 2 radical (unpaired) electrons. The molecule has 6 nitrogen and oxygen atoms in total. The van der Waals surface area contributed by atoms with Gasteiger partial charge in [-0.25, -0.2) is 0 Å². The Morgan fingerprint density at radius 1 is 0.774 bits per heavy atom. The first-order chi connectivity index (χ1) is 14.1. The van der Waals surface area contributed by atoms with Crippen molar-refractivity contribution < 1.29 is 39.3 Å². The number of carboxylic acid groups (broad SMARTS) is 2. The number of hydrogen-bond donors (Lipinski definition) is 4. The number of hydrogen-bond acceptors (Lipinski definition) is 4. The van der Waals surface area contributed by atoms with Crippen LogP contribution in [0.3, 0.4) is 0 Å². The summed E-state index contributed by atoms with van der Waals surface area (Å²) in [6.07, 6.45) is 7.00. The predicted molar refractivity (Wildman–Crippen MR) is 121 cm³/mol. The third-order valence-electron chi connectivity index (χ3n) is 4.97. The zero-order valence-corrected chi connectivity index (χ0v) is 23.4. The fourth-order valence-corrected chi connectivity index (χ4v) is 4.04. The van der Waals surface area contributed by atoms with Crippen LogP contribution in [0.2, 0.25) is 0 Å². The van der Waals surface area contributed by atoms with Crippen LogP contribution >= 0.6 is 0 Å². The molecule has 2 aromatic carbocycles. The molecular weight excluding hydrogens is 580 g/mol. The van der Waals surface area contributed by atoms with Crippen molar-refractivity contribution in [3.05, 3.63) is 59.7 Å². The number of carboxylic acids is 2. The number of anilines is 2. The summed E-state index contributed by atoms with van der Waals surface area (Å²) in [7, 11) is 0. The number of fused-ring (bicyclic) bond motifs is 2.